The van der Waals surface area contributed by atoms with Crippen LogP contribution in [0.5, 0.6) is 0 Å². The number of carboxylic acids is 1. The zero-order chi connectivity index (χ0) is 12.4. The minimum atomic E-state index is -1.14. The first-order valence-electron chi connectivity index (χ1n) is 5.11. The lowest BCUT2D eigenvalue weighted by Crippen LogP contribution is -2.02. The number of rotatable bonds is 3. The third kappa shape index (κ3) is 2.19. The monoisotopic (exact) mass is 232 g/mol. The molecule has 0 bridgehead atoms. The van der Waals surface area contributed by atoms with Gasteiger partial charge in [0.05, 0.1) is 12.3 Å². The molecule has 17 heavy (non-hydrogen) atoms. The molecule has 0 saturated heterocycles. The van der Waals surface area contributed by atoms with Crippen LogP contribution in [0.3, 0.4) is 0 Å². The van der Waals surface area contributed by atoms with Crippen molar-refractivity contribution in [3.63, 3.8) is 0 Å². The molecule has 2 aromatic rings. The minimum absolute atomic E-state index is 0.117. The van der Waals surface area contributed by atoms with Crippen molar-refractivity contribution < 1.29 is 15.0 Å². The zero-order valence-electron chi connectivity index (χ0n) is 9.29. The molecule has 1 aromatic carbocycles. The molecule has 0 atom stereocenters. The Morgan fingerprint density at radius 2 is 2.24 bits per heavy atom. The quantitative estimate of drug-likeness (QED) is 0.838. The molecule has 5 nitrogen and oxygen atoms in total. The topological polar surface area (TPSA) is 75.4 Å². The summed E-state index contributed by atoms with van der Waals surface area (Å²) in [5.74, 6) is -1.14. The SMILES string of the molecule is Cc1cccc(-n2cc(CO)c(C(=O)O)n2)c1. The van der Waals surface area contributed by atoms with Crippen LogP contribution in [0.1, 0.15) is 21.6 Å². The number of carbonyl (C=O) groups is 1. The van der Waals surface area contributed by atoms with Gasteiger partial charge in [-0.3, -0.25) is 0 Å². The lowest BCUT2D eigenvalue weighted by molar-refractivity contribution is 0.0686. The molecule has 0 aliphatic carbocycles. The van der Waals surface area contributed by atoms with Gasteiger partial charge < -0.3 is 10.2 Å². The number of aryl methyl sites for hydroxylation is 1. The van der Waals surface area contributed by atoms with Crippen molar-refractivity contribution in [2.75, 3.05) is 0 Å². The fourth-order valence-corrected chi connectivity index (χ4v) is 1.61. The van der Waals surface area contributed by atoms with E-state index >= 15 is 0 Å². The third-order valence-corrected chi connectivity index (χ3v) is 2.43. The second-order valence-electron chi connectivity index (χ2n) is 3.75. The molecule has 0 saturated carbocycles. The van der Waals surface area contributed by atoms with Crippen molar-refractivity contribution >= 4 is 5.97 Å². The van der Waals surface area contributed by atoms with Gasteiger partial charge in [0, 0.05) is 11.8 Å². The Hall–Kier alpha value is -2.14. The van der Waals surface area contributed by atoms with E-state index in [1.165, 1.54) is 10.9 Å². The van der Waals surface area contributed by atoms with E-state index in [9.17, 15) is 4.79 Å². The summed E-state index contributed by atoms with van der Waals surface area (Å²) in [6.45, 7) is 1.60. The predicted molar refractivity (Wildman–Crippen MR) is 61.2 cm³/mol. The van der Waals surface area contributed by atoms with Crippen LogP contribution in [-0.2, 0) is 6.61 Å². The maximum atomic E-state index is 10.9. The summed E-state index contributed by atoms with van der Waals surface area (Å²) in [6, 6.07) is 7.52. The molecule has 0 unspecified atom stereocenters. The molecule has 0 fully saturated rings. The Morgan fingerprint density at radius 3 is 2.76 bits per heavy atom. The highest BCUT2D eigenvalue weighted by molar-refractivity contribution is 5.87. The minimum Gasteiger partial charge on any atom is -0.476 e. The second kappa shape index (κ2) is 4.39. The number of hydrogen-bond donors (Lipinski definition) is 2. The van der Waals surface area contributed by atoms with Crippen molar-refractivity contribution in [3.05, 3.63) is 47.3 Å². The van der Waals surface area contributed by atoms with Crippen LogP contribution >= 0.6 is 0 Å². The van der Waals surface area contributed by atoms with Crippen molar-refractivity contribution in [3.8, 4) is 5.69 Å². The summed E-state index contributed by atoms with van der Waals surface area (Å²) >= 11 is 0. The van der Waals surface area contributed by atoms with Crippen LogP contribution in [-0.4, -0.2) is 26.0 Å². The molecule has 0 aliphatic rings. The Bertz CT molecular complexity index is 561. The van der Waals surface area contributed by atoms with Gasteiger partial charge in [-0.25, -0.2) is 9.48 Å². The van der Waals surface area contributed by atoms with Crippen LogP contribution in [0.4, 0.5) is 0 Å². The summed E-state index contributed by atoms with van der Waals surface area (Å²) < 4.78 is 1.46. The molecule has 0 aliphatic heterocycles. The average Bonchev–Trinajstić information content (AvgIpc) is 2.73. The van der Waals surface area contributed by atoms with E-state index in [1.54, 1.807) is 0 Å². The largest absolute Gasteiger partial charge is 0.476 e. The number of carboxylic acid groups (broad SMARTS) is 1. The van der Waals surface area contributed by atoms with Gasteiger partial charge in [-0.05, 0) is 24.6 Å². The van der Waals surface area contributed by atoms with Crippen molar-refractivity contribution in [2.24, 2.45) is 0 Å². The number of aromatic nitrogens is 2. The molecule has 0 radical (unpaired) electrons. The van der Waals surface area contributed by atoms with E-state index in [0.29, 0.717) is 5.56 Å². The summed E-state index contributed by atoms with van der Waals surface area (Å²) in [6.07, 6.45) is 1.53. The van der Waals surface area contributed by atoms with Gasteiger partial charge in [0.1, 0.15) is 0 Å². The highest BCUT2D eigenvalue weighted by atomic mass is 16.4. The lowest BCUT2D eigenvalue weighted by atomic mass is 10.2. The summed E-state index contributed by atoms with van der Waals surface area (Å²) in [7, 11) is 0. The first-order chi connectivity index (χ1) is 8.11. The van der Waals surface area contributed by atoms with Gasteiger partial charge in [-0.1, -0.05) is 12.1 Å². The fourth-order valence-electron chi connectivity index (χ4n) is 1.61. The first-order valence-corrected chi connectivity index (χ1v) is 5.11. The van der Waals surface area contributed by atoms with E-state index in [0.717, 1.165) is 11.3 Å². The van der Waals surface area contributed by atoms with Gasteiger partial charge in [-0.15, -0.1) is 0 Å². The number of aromatic carboxylic acids is 1. The Kier molecular flexibility index (Phi) is 2.93. The van der Waals surface area contributed by atoms with E-state index in [-0.39, 0.29) is 12.3 Å². The number of hydrogen-bond acceptors (Lipinski definition) is 3. The Balaban J connectivity index is 2.50. The fraction of sp³-hybridized carbons (Fsp3) is 0.167. The summed E-state index contributed by atoms with van der Waals surface area (Å²) in [5.41, 5.74) is 2.01. The first kappa shape index (κ1) is 11.3. The lowest BCUT2D eigenvalue weighted by Gasteiger charge is -2.01. The number of nitrogens with zero attached hydrogens (tertiary/aromatic N) is 2. The van der Waals surface area contributed by atoms with Gasteiger partial charge in [-0.2, -0.15) is 5.10 Å². The molecule has 1 aromatic heterocycles. The van der Waals surface area contributed by atoms with E-state index < -0.39 is 5.97 Å². The number of benzene rings is 1. The van der Waals surface area contributed by atoms with Gasteiger partial charge in [0.25, 0.3) is 0 Å². The van der Waals surface area contributed by atoms with Crippen LogP contribution in [0, 0.1) is 6.92 Å². The molecule has 5 heteroatoms. The van der Waals surface area contributed by atoms with E-state index in [2.05, 4.69) is 5.10 Å². The van der Waals surface area contributed by atoms with Crippen LogP contribution < -0.4 is 0 Å². The molecule has 2 rings (SSSR count). The highest BCUT2D eigenvalue weighted by Gasteiger charge is 2.15. The second-order valence-corrected chi connectivity index (χ2v) is 3.75. The zero-order valence-corrected chi connectivity index (χ0v) is 9.29. The molecule has 1 heterocycles. The van der Waals surface area contributed by atoms with E-state index in [1.807, 2.05) is 31.2 Å². The Labute approximate surface area is 97.9 Å². The van der Waals surface area contributed by atoms with Gasteiger partial charge in [0.2, 0.25) is 0 Å². The maximum absolute atomic E-state index is 10.9. The molecule has 0 amide bonds. The van der Waals surface area contributed by atoms with Crippen LogP contribution in [0.25, 0.3) is 5.69 Å². The van der Waals surface area contributed by atoms with Crippen molar-refractivity contribution in [1.82, 2.24) is 9.78 Å². The highest BCUT2D eigenvalue weighted by Crippen LogP contribution is 2.14. The van der Waals surface area contributed by atoms with Gasteiger partial charge in [0.15, 0.2) is 5.69 Å². The summed E-state index contributed by atoms with van der Waals surface area (Å²) in [4.78, 5) is 10.9. The maximum Gasteiger partial charge on any atom is 0.356 e. The average molecular weight is 232 g/mol. The molecule has 88 valence electrons. The standard InChI is InChI=1S/C12H12N2O3/c1-8-3-2-4-10(5-8)14-6-9(7-15)11(13-14)12(16)17/h2-6,15H,7H2,1H3,(H,16,17). The molecular weight excluding hydrogens is 220 g/mol. The predicted octanol–water partition coefficient (Wildman–Crippen LogP) is 1.37. The normalized spacial score (nSPS) is 10.5. The van der Waals surface area contributed by atoms with Gasteiger partial charge >= 0.3 is 5.97 Å². The Morgan fingerprint density at radius 1 is 1.47 bits per heavy atom. The van der Waals surface area contributed by atoms with Crippen LogP contribution in [0.15, 0.2) is 30.5 Å². The van der Waals surface area contributed by atoms with Crippen LogP contribution in [0.2, 0.25) is 0 Å². The molecule has 2 N–H and O–H groups in total. The number of aliphatic hydroxyl groups excluding tert-OH is 1. The van der Waals surface area contributed by atoms with Crippen molar-refractivity contribution in [2.45, 2.75) is 13.5 Å². The van der Waals surface area contributed by atoms with E-state index in [4.69, 9.17) is 10.2 Å². The third-order valence-electron chi connectivity index (χ3n) is 2.43. The molecule has 0 spiro atoms. The smallest absolute Gasteiger partial charge is 0.356 e. The number of aliphatic hydroxyl groups is 1. The molecular formula is C12H12N2O3. The summed E-state index contributed by atoms with van der Waals surface area (Å²) in [5, 5.41) is 21.9. The van der Waals surface area contributed by atoms with Crippen molar-refractivity contribution in [1.29, 1.82) is 0 Å².